The van der Waals surface area contributed by atoms with Crippen molar-refractivity contribution >= 4 is 17.7 Å². The van der Waals surface area contributed by atoms with E-state index in [0.29, 0.717) is 12.4 Å². The Morgan fingerprint density at radius 3 is 2.21 bits per heavy atom. The van der Waals surface area contributed by atoms with Crippen LogP contribution >= 0.6 is 11.8 Å². The van der Waals surface area contributed by atoms with Crippen LogP contribution < -0.4 is 10.5 Å². The van der Waals surface area contributed by atoms with E-state index in [-0.39, 0.29) is 5.25 Å². The van der Waals surface area contributed by atoms with E-state index in [0.717, 1.165) is 22.4 Å². The summed E-state index contributed by atoms with van der Waals surface area (Å²) in [6.45, 7) is 0.471. The zero-order valence-electron chi connectivity index (χ0n) is 15.4. The lowest BCUT2D eigenvalue weighted by Crippen LogP contribution is -2.32. The number of para-hydroxylation sites is 1. The molecule has 0 aliphatic heterocycles. The summed E-state index contributed by atoms with van der Waals surface area (Å²) in [6, 6.07) is 27.0. The predicted octanol–water partition coefficient (Wildman–Crippen LogP) is 4.50. The van der Waals surface area contributed by atoms with E-state index < -0.39 is 12.0 Å². The molecule has 3 aromatic carbocycles. The van der Waals surface area contributed by atoms with Crippen molar-refractivity contribution in [2.75, 3.05) is 5.75 Å². The van der Waals surface area contributed by atoms with Gasteiger partial charge in [-0.3, -0.25) is 4.79 Å². The molecule has 3 rings (SSSR count). The Morgan fingerprint density at radius 2 is 1.54 bits per heavy atom. The van der Waals surface area contributed by atoms with Crippen LogP contribution in [0, 0.1) is 0 Å². The maximum atomic E-state index is 11.1. The number of benzene rings is 3. The standard InChI is InChI=1S/C23H23NO3S/c24-20(23(25)26)16-28-22(18-11-5-2-6-12-18)19-13-7-8-14-21(19)27-15-17-9-3-1-4-10-17/h1-14,20,22H,15-16,24H2,(H,25,26). The number of thioether (sulfide) groups is 1. The third-order valence-corrected chi connectivity index (χ3v) is 5.71. The Kier molecular flexibility index (Phi) is 7.12. The number of carboxylic acid groups (broad SMARTS) is 1. The lowest BCUT2D eigenvalue weighted by Gasteiger charge is -2.22. The van der Waals surface area contributed by atoms with Crippen molar-refractivity contribution in [3.8, 4) is 5.75 Å². The molecular weight excluding hydrogens is 370 g/mol. The molecule has 0 spiro atoms. The fourth-order valence-corrected chi connectivity index (χ4v) is 4.09. The van der Waals surface area contributed by atoms with Gasteiger partial charge >= 0.3 is 5.97 Å². The highest BCUT2D eigenvalue weighted by atomic mass is 32.2. The SMILES string of the molecule is NC(CSC(c1ccccc1)c1ccccc1OCc1ccccc1)C(=O)O. The monoisotopic (exact) mass is 393 g/mol. The Labute approximate surface area is 169 Å². The maximum absolute atomic E-state index is 11.1. The van der Waals surface area contributed by atoms with Crippen molar-refractivity contribution in [3.63, 3.8) is 0 Å². The highest BCUT2D eigenvalue weighted by molar-refractivity contribution is 7.99. The number of rotatable bonds is 9. The molecule has 0 radical (unpaired) electrons. The van der Waals surface area contributed by atoms with Crippen molar-refractivity contribution < 1.29 is 14.6 Å². The number of carbonyl (C=O) groups is 1. The van der Waals surface area contributed by atoms with E-state index in [1.165, 1.54) is 11.8 Å². The van der Waals surface area contributed by atoms with Crippen molar-refractivity contribution in [3.05, 3.63) is 102 Å². The van der Waals surface area contributed by atoms with Gasteiger partial charge in [0.2, 0.25) is 0 Å². The molecule has 3 aromatic rings. The minimum atomic E-state index is -0.993. The molecular formula is C23H23NO3S. The molecule has 2 atom stereocenters. The fourth-order valence-electron chi connectivity index (χ4n) is 2.83. The second-order valence-electron chi connectivity index (χ2n) is 6.38. The van der Waals surface area contributed by atoms with Crippen LogP contribution in [0.4, 0.5) is 0 Å². The van der Waals surface area contributed by atoms with Crippen LogP contribution in [0.3, 0.4) is 0 Å². The minimum absolute atomic E-state index is 0.0708. The molecule has 28 heavy (non-hydrogen) atoms. The third kappa shape index (κ3) is 5.38. The molecule has 0 heterocycles. The zero-order valence-corrected chi connectivity index (χ0v) is 16.2. The Hall–Kier alpha value is -2.76. The van der Waals surface area contributed by atoms with E-state index in [1.807, 2.05) is 84.9 Å². The molecule has 144 valence electrons. The van der Waals surface area contributed by atoms with Gasteiger partial charge in [0.05, 0.1) is 5.25 Å². The van der Waals surface area contributed by atoms with Gasteiger partial charge in [-0.1, -0.05) is 78.9 Å². The molecule has 0 bridgehead atoms. The smallest absolute Gasteiger partial charge is 0.321 e. The van der Waals surface area contributed by atoms with Crippen LogP contribution in [-0.2, 0) is 11.4 Å². The Morgan fingerprint density at radius 1 is 0.929 bits per heavy atom. The van der Waals surface area contributed by atoms with Gasteiger partial charge in [0.15, 0.2) is 0 Å². The van der Waals surface area contributed by atoms with Crippen LogP contribution in [0.25, 0.3) is 0 Å². The highest BCUT2D eigenvalue weighted by Crippen LogP contribution is 2.40. The van der Waals surface area contributed by atoms with Crippen molar-refractivity contribution in [2.45, 2.75) is 17.9 Å². The average Bonchev–Trinajstić information content (AvgIpc) is 2.74. The number of aliphatic carboxylic acids is 1. The zero-order chi connectivity index (χ0) is 19.8. The number of ether oxygens (including phenoxy) is 1. The van der Waals surface area contributed by atoms with Crippen molar-refractivity contribution in [1.29, 1.82) is 0 Å². The summed E-state index contributed by atoms with van der Waals surface area (Å²) >= 11 is 1.51. The van der Waals surface area contributed by atoms with Crippen LogP contribution in [0.2, 0.25) is 0 Å². The molecule has 0 amide bonds. The first-order valence-corrected chi connectivity index (χ1v) is 10.1. The van der Waals surface area contributed by atoms with E-state index in [9.17, 15) is 4.79 Å². The van der Waals surface area contributed by atoms with Gasteiger partial charge in [-0.25, -0.2) is 0 Å². The topological polar surface area (TPSA) is 72.5 Å². The lowest BCUT2D eigenvalue weighted by molar-refractivity contribution is -0.137. The molecule has 3 N–H and O–H groups in total. The summed E-state index contributed by atoms with van der Waals surface area (Å²) in [4.78, 5) is 11.1. The van der Waals surface area contributed by atoms with Crippen LogP contribution in [0.15, 0.2) is 84.9 Å². The van der Waals surface area contributed by atoms with Gasteiger partial charge in [0.25, 0.3) is 0 Å². The van der Waals surface area contributed by atoms with Crippen LogP contribution in [0.1, 0.15) is 21.9 Å². The summed E-state index contributed by atoms with van der Waals surface area (Å²) in [6.07, 6.45) is 0. The number of carboxylic acids is 1. The first kappa shape index (κ1) is 20.0. The van der Waals surface area contributed by atoms with Gasteiger partial charge in [0.1, 0.15) is 18.4 Å². The van der Waals surface area contributed by atoms with E-state index >= 15 is 0 Å². The highest BCUT2D eigenvalue weighted by Gasteiger charge is 2.22. The second-order valence-corrected chi connectivity index (χ2v) is 7.52. The molecule has 0 saturated heterocycles. The molecule has 5 heteroatoms. The number of nitrogens with two attached hydrogens (primary N) is 1. The normalized spacial score (nSPS) is 12.9. The van der Waals surface area contributed by atoms with Crippen molar-refractivity contribution in [2.24, 2.45) is 5.73 Å². The first-order valence-electron chi connectivity index (χ1n) is 9.05. The Balaban J connectivity index is 1.85. The summed E-state index contributed by atoms with van der Waals surface area (Å²) in [7, 11) is 0. The number of hydrogen-bond acceptors (Lipinski definition) is 4. The quantitative estimate of drug-likeness (QED) is 0.560. The fraction of sp³-hybridized carbons (Fsp3) is 0.174. The molecule has 4 nitrogen and oxygen atoms in total. The minimum Gasteiger partial charge on any atom is -0.489 e. The lowest BCUT2D eigenvalue weighted by atomic mass is 10.0. The predicted molar refractivity (Wildman–Crippen MR) is 114 cm³/mol. The van der Waals surface area contributed by atoms with Crippen LogP contribution in [0.5, 0.6) is 5.75 Å². The largest absolute Gasteiger partial charge is 0.489 e. The van der Waals surface area contributed by atoms with Gasteiger partial charge in [-0.05, 0) is 17.2 Å². The molecule has 0 fully saturated rings. The van der Waals surface area contributed by atoms with E-state index in [4.69, 9.17) is 15.6 Å². The van der Waals surface area contributed by atoms with E-state index in [2.05, 4.69) is 0 Å². The van der Waals surface area contributed by atoms with Gasteiger partial charge in [0, 0.05) is 11.3 Å². The summed E-state index contributed by atoms with van der Waals surface area (Å²) in [5, 5.41) is 9.07. The molecule has 0 aliphatic carbocycles. The molecule has 0 aromatic heterocycles. The molecule has 2 unspecified atom stereocenters. The number of hydrogen-bond donors (Lipinski definition) is 2. The second kappa shape index (κ2) is 9.97. The summed E-state index contributed by atoms with van der Waals surface area (Å²) in [5.74, 6) is 0.103. The summed E-state index contributed by atoms with van der Waals surface area (Å²) in [5.41, 5.74) is 8.92. The van der Waals surface area contributed by atoms with Gasteiger partial charge in [-0.2, -0.15) is 0 Å². The molecule has 0 saturated carbocycles. The van der Waals surface area contributed by atoms with Crippen LogP contribution in [-0.4, -0.2) is 22.9 Å². The van der Waals surface area contributed by atoms with Gasteiger partial charge < -0.3 is 15.6 Å². The first-order chi connectivity index (χ1) is 13.6. The van der Waals surface area contributed by atoms with Crippen molar-refractivity contribution in [1.82, 2.24) is 0 Å². The van der Waals surface area contributed by atoms with Gasteiger partial charge in [-0.15, -0.1) is 11.8 Å². The third-order valence-electron chi connectivity index (χ3n) is 4.30. The molecule has 0 aliphatic rings. The maximum Gasteiger partial charge on any atom is 0.321 e. The van der Waals surface area contributed by atoms with E-state index in [1.54, 1.807) is 0 Å². The Bertz CT molecular complexity index is 887. The summed E-state index contributed by atoms with van der Waals surface area (Å²) < 4.78 is 6.12. The average molecular weight is 394 g/mol.